The van der Waals surface area contributed by atoms with Crippen molar-refractivity contribution in [3.05, 3.63) is 36.5 Å². The van der Waals surface area contributed by atoms with Crippen molar-refractivity contribution in [1.82, 2.24) is 9.78 Å². The number of hydrogen-bond acceptors (Lipinski definition) is 3. The van der Waals surface area contributed by atoms with Gasteiger partial charge in [-0.05, 0) is 18.2 Å². The number of nitrogen functional groups attached to an aromatic ring is 2. The van der Waals surface area contributed by atoms with Gasteiger partial charge in [0.05, 0.1) is 5.69 Å². The van der Waals surface area contributed by atoms with Crippen LogP contribution in [0.25, 0.3) is 11.3 Å². The first kappa shape index (κ1) is 15.3. The van der Waals surface area contributed by atoms with Crippen molar-refractivity contribution < 1.29 is 0 Å². The van der Waals surface area contributed by atoms with Crippen LogP contribution in [0.4, 0.5) is 5.69 Å². The summed E-state index contributed by atoms with van der Waals surface area (Å²) in [5, 5.41) is 11.3. The molecule has 7 heteroatoms. The summed E-state index contributed by atoms with van der Waals surface area (Å²) in [5.41, 5.74) is 13.3. The summed E-state index contributed by atoms with van der Waals surface area (Å²) in [6.45, 7) is 0. The predicted molar refractivity (Wildman–Crippen MR) is 73.9 cm³/mol. The van der Waals surface area contributed by atoms with Gasteiger partial charge >= 0.3 is 0 Å². The third kappa shape index (κ3) is 3.37. The zero-order valence-corrected chi connectivity index (χ0v) is 10.5. The summed E-state index contributed by atoms with van der Waals surface area (Å²) in [6, 6.07) is 9.17. The minimum Gasteiger partial charge on any atom is -0.399 e. The van der Waals surface area contributed by atoms with Gasteiger partial charge < -0.3 is 11.5 Å². The van der Waals surface area contributed by atoms with E-state index in [1.807, 2.05) is 24.3 Å². The van der Waals surface area contributed by atoms with E-state index in [1.54, 1.807) is 12.3 Å². The molecule has 0 unspecified atom stereocenters. The molecular formula is C10H13Cl2N5. The molecule has 1 heterocycles. The number of rotatable bonds is 1. The van der Waals surface area contributed by atoms with E-state index in [9.17, 15) is 0 Å². The van der Waals surface area contributed by atoms with Crippen molar-refractivity contribution in [2.45, 2.75) is 0 Å². The molecule has 0 saturated heterocycles. The largest absolute Gasteiger partial charge is 0.399 e. The van der Waals surface area contributed by atoms with E-state index >= 15 is 0 Å². The van der Waals surface area contributed by atoms with Crippen LogP contribution >= 0.6 is 24.8 Å². The van der Waals surface area contributed by atoms with Crippen molar-refractivity contribution in [1.29, 1.82) is 5.41 Å². The minimum atomic E-state index is -0.100. The maximum Gasteiger partial charge on any atom is 0.213 e. The molecular weight excluding hydrogens is 261 g/mol. The van der Waals surface area contributed by atoms with Gasteiger partial charge in [0.15, 0.2) is 0 Å². The van der Waals surface area contributed by atoms with E-state index in [1.165, 1.54) is 4.68 Å². The minimum absolute atomic E-state index is 0. The molecule has 0 aliphatic rings. The molecule has 0 radical (unpaired) electrons. The van der Waals surface area contributed by atoms with Gasteiger partial charge in [0, 0.05) is 17.4 Å². The normalized spacial score (nSPS) is 8.94. The van der Waals surface area contributed by atoms with Crippen molar-refractivity contribution >= 4 is 36.5 Å². The Kier molecular flexibility index (Phi) is 5.50. The Morgan fingerprint density at radius 3 is 2.18 bits per heavy atom. The van der Waals surface area contributed by atoms with E-state index in [0.717, 1.165) is 11.3 Å². The van der Waals surface area contributed by atoms with Gasteiger partial charge in [-0.2, -0.15) is 5.10 Å². The van der Waals surface area contributed by atoms with Gasteiger partial charge in [-0.3, -0.25) is 5.41 Å². The number of halogens is 2. The van der Waals surface area contributed by atoms with Crippen LogP contribution in [0.2, 0.25) is 0 Å². The van der Waals surface area contributed by atoms with E-state index in [2.05, 4.69) is 5.10 Å². The Labute approximate surface area is 111 Å². The summed E-state index contributed by atoms with van der Waals surface area (Å²) in [7, 11) is 0. The highest BCUT2D eigenvalue weighted by molar-refractivity contribution is 5.85. The summed E-state index contributed by atoms with van der Waals surface area (Å²) < 4.78 is 1.31. The molecule has 0 saturated carbocycles. The van der Waals surface area contributed by atoms with E-state index in [4.69, 9.17) is 16.9 Å². The second-order valence-corrected chi connectivity index (χ2v) is 3.15. The average molecular weight is 274 g/mol. The smallest absolute Gasteiger partial charge is 0.213 e. The lowest BCUT2D eigenvalue weighted by atomic mass is 10.1. The fraction of sp³-hybridized carbons (Fsp3) is 0. The van der Waals surface area contributed by atoms with Crippen molar-refractivity contribution in [3.63, 3.8) is 0 Å². The van der Waals surface area contributed by atoms with Crippen molar-refractivity contribution in [2.24, 2.45) is 5.73 Å². The van der Waals surface area contributed by atoms with Crippen LogP contribution < -0.4 is 11.5 Å². The predicted octanol–water partition coefficient (Wildman–Crippen LogP) is 1.72. The van der Waals surface area contributed by atoms with Gasteiger partial charge in [-0.25, -0.2) is 4.68 Å². The fourth-order valence-corrected chi connectivity index (χ4v) is 1.27. The number of nitrogens with two attached hydrogens (primary N) is 2. The molecule has 2 aromatic rings. The van der Waals surface area contributed by atoms with Crippen LogP contribution in [-0.2, 0) is 0 Å². The lowest BCUT2D eigenvalue weighted by Crippen LogP contribution is -2.20. The number of nitrogens with zero attached hydrogens (tertiary/aromatic N) is 2. The van der Waals surface area contributed by atoms with Crippen LogP contribution in [0.15, 0.2) is 36.5 Å². The standard InChI is InChI=1S/C10H11N5.2ClH/c11-8-3-1-7(2-4-8)9-5-6-15(14-9)10(12)13;;/h1-6H,11H2,(H3,12,13);2*1H. The fourth-order valence-electron chi connectivity index (χ4n) is 1.27. The molecule has 0 fully saturated rings. The van der Waals surface area contributed by atoms with Crippen LogP contribution in [0.5, 0.6) is 0 Å². The molecule has 2 rings (SSSR count). The molecule has 0 spiro atoms. The molecule has 5 nitrogen and oxygen atoms in total. The molecule has 17 heavy (non-hydrogen) atoms. The molecule has 5 N–H and O–H groups in total. The molecule has 0 aliphatic heterocycles. The number of nitrogens with one attached hydrogen (secondary N) is 1. The van der Waals surface area contributed by atoms with Crippen molar-refractivity contribution in [3.8, 4) is 11.3 Å². The van der Waals surface area contributed by atoms with Gasteiger partial charge in [0.1, 0.15) is 0 Å². The summed E-state index contributed by atoms with van der Waals surface area (Å²) >= 11 is 0. The van der Waals surface area contributed by atoms with E-state index in [0.29, 0.717) is 5.69 Å². The SMILES string of the molecule is Cl.Cl.N=C(N)n1ccc(-c2ccc(N)cc2)n1. The topological polar surface area (TPSA) is 93.7 Å². The molecule has 0 atom stereocenters. The Balaban J connectivity index is 0.00000128. The molecule has 0 aliphatic carbocycles. The van der Waals surface area contributed by atoms with Gasteiger partial charge in [-0.1, -0.05) is 12.1 Å². The highest BCUT2D eigenvalue weighted by Gasteiger charge is 2.02. The lowest BCUT2D eigenvalue weighted by molar-refractivity contribution is 0.915. The molecule has 0 bridgehead atoms. The summed E-state index contributed by atoms with van der Waals surface area (Å²) in [5.74, 6) is -0.100. The van der Waals surface area contributed by atoms with Crippen LogP contribution in [-0.4, -0.2) is 15.7 Å². The Bertz CT molecular complexity index is 492. The summed E-state index contributed by atoms with van der Waals surface area (Å²) in [4.78, 5) is 0. The molecule has 92 valence electrons. The molecule has 1 aromatic heterocycles. The zero-order valence-electron chi connectivity index (χ0n) is 8.83. The van der Waals surface area contributed by atoms with Crippen LogP contribution in [0.1, 0.15) is 0 Å². The van der Waals surface area contributed by atoms with Crippen LogP contribution in [0, 0.1) is 5.41 Å². The first-order valence-electron chi connectivity index (χ1n) is 4.43. The van der Waals surface area contributed by atoms with Gasteiger partial charge in [-0.15, -0.1) is 24.8 Å². The third-order valence-corrected chi connectivity index (χ3v) is 2.04. The highest BCUT2D eigenvalue weighted by Crippen LogP contribution is 2.17. The van der Waals surface area contributed by atoms with E-state index in [-0.39, 0.29) is 30.8 Å². The van der Waals surface area contributed by atoms with Gasteiger partial charge in [0.25, 0.3) is 0 Å². The molecule has 1 aromatic carbocycles. The summed E-state index contributed by atoms with van der Waals surface area (Å²) in [6.07, 6.45) is 1.65. The van der Waals surface area contributed by atoms with Crippen LogP contribution in [0.3, 0.4) is 0 Å². The quantitative estimate of drug-likeness (QED) is 0.420. The Hall–Kier alpha value is -1.72. The number of anilines is 1. The number of aromatic nitrogens is 2. The van der Waals surface area contributed by atoms with E-state index < -0.39 is 0 Å². The number of benzene rings is 1. The maximum atomic E-state index is 7.20. The van der Waals surface area contributed by atoms with Crippen molar-refractivity contribution in [2.75, 3.05) is 5.73 Å². The zero-order chi connectivity index (χ0) is 10.8. The molecule has 0 amide bonds. The Morgan fingerprint density at radius 2 is 1.71 bits per heavy atom. The first-order valence-corrected chi connectivity index (χ1v) is 4.43. The average Bonchev–Trinajstić information content (AvgIpc) is 2.68. The second-order valence-electron chi connectivity index (χ2n) is 3.15. The second kappa shape index (κ2) is 6.12. The number of hydrogen-bond donors (Lipinski definition) is 3. The lowest BCUT2D eigenvalue weighted by Gasteiger charge is -1.98. The van der Waals surface area contributed by atoms with Gasteiger partial charge in [0.2, 0.25) is 5.96 Å². The highest BCUT2D eigenvalue weighted by atomic mass is 35.5. The Morgan fingerprint density at radius 1 is 1.12 bits per heavy atom. The maximum absolute atomic E-state index is 7.20. The third-order valence-electron chi connectivity index (χ3n) is 2.04. The first-order chi connectivity index (χ1) is 7.16. The monoisotopic (exact) mass is 273 g/mol.